The molecule has 140 heavy (non-hydrogen) atoms. The molecule has 4 aromatic heterocycles. The Kier molecular flexibility index (Phi) is 23.4. The molecule has 0 bridgehead atoms. The minimum absolute atomic E-state index is 0.483. The summed E-state index contributed by atoms with van der Waals surface area (Å²) in [7, 11) is 0. The van der Waals surface area contributed by atoms with Crippen LogP contribution in [-0.4, -0.2) is 18.3 Å². The van der Waals surface area contributed by atoms with Gasteiger partial charge in [-0.05, 0) is 171 Å². The van der Waals surface area contributed by atoms with E-state index in [-0.39, 0.29) is 0 Å². The summed E-state index contributed by atoms with van der Waals surface area (Å²) in [6.45, 7) is 31.0. The normalized spacial score (nSPS) is 10.8. The average molecular weight is 1780 g/mol. The van der Waals surface area contributed by atoms with E-state index in [1.165, 1.54) is 0 Å². The van der Waals surface area contributed by atoms with Crippen LogP contribution in [0.25, 0.3) is 218 Å². The third kappa shape index (κ3) is 15.4. The van der Waals surface area contributed by atoms with Crippen molar-refractivity contribution in [3.63, 3.8) is 0 Å². The number of aromatic nitrogens is 4. The van der Waals surface area contributed by atoms with Crippen LogP contribution >= 0.6 is 0 Å². The van der Waals surface area contributed by atoms with Gasteiger partial charge < -0.3 is 18.3 Å². The quantitative estimate of drug-likeness (QED) is 0.113. The van der Waals surface area contributed by atoms with E-state index in [0.29, 0.717) is 67.3 Å². The lowest BCUT2D eigenvalue weighted by Gasteiger charge is -2.14. The average Bonchev–Trinajstić information content (AvgIpc) is 1.58. The van der Waals surface area contributed by atoms with Crippen LogP contribution in [0.2, 0.25) is 0 Å². The highest BCUT2D eigenvalue weighted by molar-refractivity contribution is 6.23. The molecule has 0 saturated heterocycles. The monoisotopic (exact) mass is 1780 g/mol. The molecule has 20 aromatic carbocycles. The number of fused-ring (bicyclic) bond motifs is 12. The molecule has 0 aliphatic rings. The van der Waals surface area contributed by atoms with Crippen molar-refractivity contribution in [1.82, 2.24) is 18.3 Å². The summed E-state index contributed by atoms with van der Waals surface area (Å²) in [5.74, 6) is 0. The highest BCUT2D eigenvalue weighted by atomic mass is 15.0. The number of rotatable bonds is 12. The molecule has 0 fully saturated rings. The molecule has 0 atom stereocenters. The summed E-state index contributed by atoms with van der Waals surface area (Å²) in [5, 5.41) is 48.1. The first-order valence-corrected chi connectivity index (χ1v) is 45.6. The molecule has 0 aliphatic heterocycles. The predicted octanol–water partition coefficient (Wildman–Crippen LogP) is 34.2. The van der Waals surface area contributed by atoms with Crippen molar-refractivity contribution in [2.45, 2.75) is 0 Å². The van der Waals surface area contributed by atoms with Gasteiger partial charge in [0.05, 0.1) is 100 Å². The van der Waals surface area contributed by atoms with E-state index in [1.54, 1.807) is 72.8 Å². The van der Waals surface area contributed by atoms with Crippen molar-refractivity contribution in [2.75, 3.05) is 0 Å². The minimum Gasteiger partial charge on any atom is -0.309 e. The van der Waals surface area contributed by atoms with E-state index in [0.717, 1.165) is 177 Å². The number of hydrogen-bond donors (Lipinski definition) is 0. The van der Waals surface area contributed by atoms with Gasteiger partial charge in [0, 0.05) is 116 Å². The fourth-order valence-corrected chi connectivity index (χ4v) is 20.0. The first-order chi connectivity index (χ1) is 69.2. The predicted molar refractivity (Wildman–Crippen MR) is 571 cm³/mol. The number of nitrogens with zero attached hydrogens (tertiary/aromatic N) is 12. The maximum absolute atomic E-state index is 9.90. The zero-order valence-electron chi connectivity index (χ0n) is 75.2. The van der Waals surface area contributed by atoms with Crippen molar-refractivity contribution in [2.24, 2.45) is 0 Å². The molecular weight excluding hydrogens is 1710 g/mol. The van der Waals surface area contributed by atoms with Crippen LogP contribution in [0.1, 0.15) is 22.3 Å². The number of hydrogen-bond acceptors (Lipinski definition) is 4. The first-order valence-electron chi connectivity index (χ1n) is 45.6. The van der Waals surface area contributed by atoms with E-state index in [9.17, 15) is 21.0 Å². The Morgan fingerprint density at radius 2 is 0.471 bits per heavy atom. The van der Waals surface area contributed by atoms with Crippen molar-refractivity contribution in [3.8, 4) is 136 Å². The maximum Gasteiger partial charge on any atom is 0.196 e. The van der Waals surface area contributed by atoms with E-state index in [4.69, 9.17) is 26.3 Å². The molecule has 0 saturated carbocycles. The third-order valence-corrected chi connectivity index (χ3v) is 25.9. The Hall–Kier alpha value is -20.5. The topological polar surface area (TPSA) is 132 Å². The Bertz CT molecular complexity index is 9160. The van der Waals surface area contributed by atoms with Crippen LogP contribution in [0, 0.1) is 71.6 Å². The Balaban J connectivity index is 0.000000111. The summed E-state index contributed by atoms with van der Waals surface area (Å²) >= 11 is 0. The van der Waals surface area contributed by atoms with Gasteiger partial charge in [0.1, 0.15) is 0 Å². The molecule has 0 aliphatic carbocycles. The van der Waals surface area contributed by atoms with E-state index in [1.807, 2.05) is 146 Å². The fraction of sp³-hybridized carbons (Fsp3) is 0. The van der Waals surface area contributed by atoms with Gasteiger partial charge in [0.25, 0.3) is 0 Å². The molecule has 24 rings (SSSR count). The SMILES string of the molecule is [C-]#[N+]c1cccc(C#N)c1-c1cccc2c1c1cc(-c3ccccc3)ccc1n2-c1ccccc1.[C-]#[N+]c1cccc(C#N)c1-c1cccc2c1c1ccc(-c3ccccc3)cc1n2-c1ccccc1.[C-]#[N+]c1cccc(C#N)c1-c1cccc2c1c1cccc(-c3ccccc3)c1n2-c1ccccc1.[C-]#[N+]c1cccc(C#N)c1-c1cccc2c1c1ccccc1n2-c1ccccc1-c1ccccc1. The molecule has 0 N–H and O–H groups in total. The molecule has 0 spiro atoms. The molecule has 0 amide bonds. The van der Waals surface area contributed by atoms with Crippen LogP contribution in [0.4, 0.5) is 22.7 Å². The molecular formula is C128H76N12. The molecule has 12 heteroatoms. The summed E-state index contributed by atoms with van der Waals surface area (Å²) in [5.41, 5.74) is 32.2. The molecule has 0 unspecified atom stereocenters. The van der Waals surface area contributed by atoms with Crippen molar-refractivity contribution >= 4 is 110 Å². The number of nitriles is 4. The van der Waals surface area contributed by atoms with Gasteiger partial charge in [0.2, 0.25) is 0 Å². The molecule has 4 heterocycles. The van der Waals surface area contributed by atoms with E-state index >= 15 is 0 Å². The lowest BCUT2D eigenvalue weighted by Crippen LogP contribution is -1.97. The zero-order chi connectivity index (χ0) is 95.1. The Morgan fingerprint density at radius 3 is 0.907 bits per heavy atom. The molecule has 24 aromatic rings. The van der Waals surface area contributed by atoms with Gasteiger partial charge in [-0.3, -0.25) is 0 Å². The smallest absolute Gasteiger partial charge is 0.196 e. The minimum atomic E-state index is 0.483. The Labute approximate surface area is 808 Å². The third-order valence-electron chi connectivity index (χ3n) is 25.9. The van der Waals surface area contributed by atoms with Gasteiger partial charge in [-0.15, -0.1) is 0 Å². The van der Waals surface area contributed by atoms with Crippen LogP contribution in [0.15, 0.2) is 461 Å². The first kappa shape index (κ1) is 86.2. The second-order valence-corrected chi connectivity index (χ2v) is 33.5. The molecule has 0 radical (unpaired) electrons. The van der Waals surface area contributed by atoms with Gasteiger partial charge in [0.15, 0.2) is 22.7 Å². The number of benzene rings is 20. The van der Waals surface area contributed by atoms with Gasteiger partial charge >= 0.3 is 0 Å². The largest absolute Gasteiger partial charge is 0.309 e. The summed E-state index contributed by atoms with van der Waals surface area (Å²) in [6, 6.07) is 164. The van der Waals surface area contributed by atoms with Crippen molar-refractivity contribution in [1.29, 1.82) is 21.0 Å². The molecule has 12 nitrogen and oxygen atoms in total. The molecule has 648 valence electrons. The second-order valence-electron chi connectivity index (χ2n) is 33.5. The van der Waals surface area contributed by atoms with Crippen molar-refractivity contribution < 1.29 is 0 Å². The van der Waals surface area contributed by atoms with Crippen LogP contribution < -0.4 is 0 Å². The summed E-state index contributed by atoms with van der Waals surface area (Å²) in [4.78, 5) is 15.0. The van der Waals surface area contributed by atoms with Gasteiger partial charge in [-0.25, -0.2) is 19.4 Å². The second kappa shape index (κ2) is 38.0. The standard InChI is InChI=1S/4C32H19N3/c1-34-28-19-8-13-23(21-33)30(28)26-17-10-20-29-31(26)27-18-9-16-25(22-11-4-2-5-12-22)32(27)35(29)24-14-6-3-7-15-24;1-34-28-16-8-12-24(21-33)31(28)27-15-9-17-29-32(27)26-19-18-23(22-10-4-2-5-11-22)20-30(26)35(29)25-13-6-3-7-14-25;1-34-28-16-8-12-24(21-33)31(28)26-15-9-17-30-32(26)27-20-23(22-10-4-2-5-11-22)18-19-29(27)35(30)25-13-6-3-7-14-25;1-34-27-17-9-13-23(21-33)31(27)26-16-10-20-30-32(26)25-15-6-8-19-29(25)35(30)28-18-7-5-14-24(28)22-11-3-2-4-12-22/h4*2-20H. The van der Waals surface area contributed by atoms with E-state index < -0.39 is 0 Å². The lowest BCUT2D eigenvalue weighted by atomic mass is 9.93. The van der Waals surface area contributed by atoms with Gasteiger partial charge in [-0.1, -0.05) is 346 Å². The van der Waals surface area contributed by atoms with Crippen molar-refractivity contribution in [3.05, 3.63) is 529 Å². The highest BCUT2D eigenvalue weighted by Crippen LogP contribution is 2.51. The van der Waals surface area contributed by atoms with Crippen LogP contribution in [0.3, 0.4) is 0 Å². The Morgan fingerprint density at radius 1 is 0.186 bits per heavy atom. The maximum atomic E-state index is 9.90. The van der Waals surface area contributed by atoms with Gasteiger partial charge in [-0.2, -0.15) is 21.0 Å². The summed E-state index contributed by atoms with van der Waals surface area (Å²) < 4.78 is 9.12. The van der Waals surface area contributed by atoms with E-state index in [2.05, 4.69) is 305 Å². The summed E-state index contributed by atoms with van der Waals surface area (Å²) in [6.07, 6.45) is 0. The lowest BCUT2D eigenvalue weighted by molar-refractivity contribution is 1.18. The highest BCUT2D eigenvalue weighted by Gasteiger charge is 2.28. The zero-order valence-corrected chi connectivity index (χ0v) is 75.2. The van der Waals surface area contributed by atoms with Crippen LogP contribution in [0.5, 0.6) is 0 Å². The van der Waals surface area contributed by atoms with Crippen LogP contribution in [-0.2, 0) is 0 Å². The number of para-hydroxylation sites is 6. The fourth-order valence-electron chi connectivity index (χ4n) is 20.0.